The fraction of sp³-hybridized carbons (Fsp3) is 0.267. The van der Waals surface area contributed by atoms with Gasteiger partial charge in [0, 0.05) is 23.9 Å². The summed E-state index contributed by atoms with van der Waals surface area (Å²) < 4.78 is 5.24. The molecule has 1 aromatic carbocycles. The molecule has 0 bridgehead atoms. The van der Waals surface area contributed by atoms with E-state index in [9.17, 15) is 4.79 Å². The van der Waals surface area contributed by atoms with Crippen molar-refractivity contribution in [3.63, 3.8) is 0 Å². The summed E-state index contributed by atoms with van der Waals surface area (Å²) in [7, 11) is 1.53. The monoisotopic (exact) mass is 271 g/mol. The summed E-state index contributed by atoms with van der Waals surface area (Å²) in [4.78, 5) is 16.3. The number of methoxy groups -OCH3 is 1. The van der Waals surface area contributed by atoms with E-state index in [1.807, 2.05) is 6.92 Å². The van der Waals surface area contributed by atoms with E-state index in [0.29, 0.717) is 34.1 Å². The Bertz CT molecular complexity index is 657. The van der Waals surface area contributed by atoms with Gasteiger partial charge in [0.25, 0.3) is 0 Å². The van der Waals surface area contributed by atoms with Crippen molar-refractivity contribution < 1.29 is 9.53 Å². The SMILES string of the molecule is COc1cc(N)c(C)cc1N=C1CC(=N)C(C)=CC1=O. The molecule has 1 aliphatic rings. The minimum atomic E-state index is -0.157. The molecule has 0 aliphatic heterocycles. The predicted octanol–water partition coefficient (Wildman–Crippen LogP) is 2.60. The third-order valence-corrected chi connectivity index (χ3v) is 3.28. The summed E-state index contributed by atoms with van der Waals surface area (Å²) in [5.74, 6) is 0.362. The Kier molecular flexibility index (Phi) is 3.70. The van der Waals surface area contributed by atoms with E-state index in [2.05, 4.69) is 4.99 Å². The zero-order valence-corrected chi connectivity index (χ0v) is 11.8. The minimum Gasteiger partial charge on any atom is -0.494 e. The highest BCUT2D eigenvalue weighted by Gasteiger charge is 2.20. The lowest BCUT2D eigenvalue weighted by Gasteiger charge is -2.13. The second-order valence-electron chi connectivity index (χ2n) is 4.79. The van der Waals surface area contributed by atoms with E-state index < -0.39 is 0 Å². The van der Waals surface area contributed by atoms with Crippen molar-refractivity contribution in [1.82, 2.24) is 0 Å². The van der Waals surface area contributed by atoms with Gasteiger partial charge in [0.05, 0.1) is 12.8 Å². The van der Waals surface area contributed by atoms with Gasteiger partial charge < -0.3 is 15.9 Å². The summed E-state index contributed by atoms with van der Waals surface area (Å²) >= 11 is 0. The highest BCUT2D eigenvalue weighted by atomic mass is 16.5. The maximum absolute atomic E-state index is 11.9. The second-order valence-corrected chi connectivity index (χ2v) is 4.79. The molecule has 1 aromatic rings. The maximum atomic E-state index is 11.9. The van der Waals surface area contributed by atoms with Gasteiger partial charge in [-0.15, -0.1) is 0 Å². The van der Waals surface area contributed by atoms with E-state index >= 15 is 0 Å². The number of ether oxygens (including phenoxy) is 1. The first-order chi connectivity index (χ1) is 9.42. The molecule has 20 heavy (non-hydrogen) atoms. The van der Waals surface area contributed by atoms with Gasteiger partial charge in [0.1, 0.15) is 11.4 Å². The summed E-state index contributed by atoms with van der Waals surface area (Å²) in [6.07, 6.45) is 1.69. The number of nitrogens with two attached hydrogens (primary N) is 1. The first-order valence-electron chi connectivity index (χ1n) is 6.24. The molecule has 0 atom stereocenters. The largest absolute Gasteiger partial charge is 0.494 e. The molecule has 0 heterocycles. The Morgan fingerprint density at radius 2 is 2.05 bits per heavy atom. The molecule has 1 aliphatic carbocycles. The van der Waals surface area contributed by atoms with Gasteiger partial charge in [-0.05, 0) is 37.1 Å². The van der Waals surface area contributed by atoms with Crippen LogP contribution >= 0.6 is 0 Å². The number of rotatable bonds is 2. The second kappa shape index (κ2) is 5.28. The molecular formula is C15H17N3O2. The van der Waals surface area contributed by atoms with E-state index in [1.54, 1.807) is 19.1 Å². The number of carbonyl (C=O) groups is 1. The molecule has 0 saturated heterocycles. The molecule has 0 spiro atoms. The average molecular weight is 271 g/mol. The van der Waals surface area contributed by atoms with E-state index in [-0.39, 0.29) is 12.2 Å². The molecule has 0 saturated carbocycles. The molecule has 2 rings (SSSR count). The van der Waals surface area contributed by atoms with Gasteiger partial charge in [-0.25, -0.2) is 4.99 Å². The number of carbonyl (C=O) groups excluding carboxylic acids is 1. The van der Waals surface area contributed by atoms with Crippen LogP contribution in [0.2, 0.25) is 0 Å². The van der Waals surface area contributed by atoms with E-state index in [4.69, 9.17) is 15.9 Å². The number of allylic oxidation sites excluding steroid dienone is 2. The number of anilines is 1. The minimum absolute atomic E-state index is 0.157. The highest BCUT2D eigenvalue weighted by molar-refractivity contribution is 6.50. The van der Waals surface area contributed by atoms with Crippen LogP contribution in [0.15, 0.2) is 28.8 Å². The number of nitrogens with zero attached hydrogens (tertiary/aromatic N) is 1. The van der Waals surface area contributed by atoms with Crippen molar-refractivity contribution in [2.45, 2.75) is 20.3 Å². The van der Waals surface area contributed by atoms with Crippen LogP contribution in [-0.2, 0) is 4.79 Å². The van der Waals surface area contributed by atoms with Crippen LogP contribution in [0.5, 0.6) is 5.75 Å². The van der Waals surface area contributed by atoms with Crippen LogP contribution in [-0.4, -0.2) is 24.3 Å². The summed E-state index contributed by atoms with van der Waals surface area (Å²) in [6.45, 7) is 3.62. The number of hydrogen-bond acceptors (Lipinski definition) is 5. The van der Waals surface area contributed by atoms with Crippen molar-refractivity contribution >= 4 is 28.6 Å². The quantitative estimate of drug-likeness (QED) is 0.810. The Morgan fingerprint density at radius 3 is 2.70 bits per heavy atom. The summed E-state index contributed by atoms with van der Waals surface area (Å²) in [5.41, 5.74) is 9.32. The van der Waals surface area contributed by atoms with Gasteiger partial charge in [0.2, 0.25) is 5.78 Å². The number of nitrogens with one attached hydrogen (secondary N) is 1. The normalized spacial score (nSPS) is 17.4. The lowest BCUT2D eigenvalue weighted by molar-refractivity contribution is -0.109. The molecule has 3 N–H and O–H groups in total. The van der Waals surface area contributed by atoms with E-state index in [0.717, 1.165) is 5.56 Å². The van der Waals surface area contributed by atoms with Gasteiger partial charge in [-0.3, -0.25) is 4.79 Å². The average Bonchev–Trinajstić information content (AvgIpc) is 2.39. The van der Waals surface area contributed by atoms with Crippen LogP contribution in [0.3, 0.4) is 0 Å². The Morgan fingerprint density at radius 1 is 1.35 bits per heavy atom. The first-order valence-corrected chi connectivity index (χ1v) is 6.24. The lowest BCUT2D eigenvalue weighted by Crippen LogP contribution is -2.22. The molecule has 5 heteroatoms. The van der Waals surface area contributed by atoms with Gasteiger partial charge in [-0.1, -0.05) is 0 Å². The van der Waals surface area contributed by atoms with Crippen molar-refractivity contribution in [3.05, 3.63) is 29.3 Å². The molecule has 0 unspecified atom stereocenters. The fourth-order valence-electron chi connectivity index (χ4n) is 1.94. The molecule has 0 fully saturated rings. The third kappa shape index (κ3) is 2.61. The third-order valence-electron chi connectivity index (χ3n) is 3.28. The Labute approximate surface area is 117 Å². The smallest absolute Gasteiger partial charge is 0.200 e. The number of hydrogen-bond donors (Lipinski definition) is 2. The van der Waals surface area contributed by atoms with Crippen molar-refractivity contribution in [3.8, 4) is 5.75 Å². The van der Waals surface area contributed by atoms with Crippen LogP contribution in [0.25, 0.3) is 0 Å². The van der Waals surface area contributed by atoms with Gasteiger partial charge in [-0.2, -0.15) is 0 Å². The first kappa shape index (κ1) is 14.0. The van der Waals surface area contributed by atoms with Gasteiger partial charge in [0.15, 0.2) is 0 Å². The van der Waals surface area contributed by atoms with Crippen LogP contribution in [0, 0.1) is 12.3 Å². The van der Waals surface area contributed by atoms with Crippen LogP contribution in [0.4, 0.5) is 11.4 Å². The summed E-state index contributed by atoms with van der Waals surface area (Å²) in [6, 6.07) is 3.47. The molecular weight excluding hydrogens is 254 g/mol. The number of aliphatic imine (C=N–C) groups is 1. The van der Waals surface area contributed by atoms with Crippen molar-refractivity contribution in [2.24, 2.45) is 4.99 Å². The number of nitrogen functional groups attached to an aromatic ring is 1. The van der Waals surface area contributed by atoms with Gasteiger partial charge >= 0.3 is 0 Å². The highest BCUT2D eigenvalue weighted by Crippen LogP contribution is 2.32. The topological polar surface area (TPSA) is 88.5 Å². The van der Waals surface area contributed by atoms with Crippen molar-refractivity contribution in [1.29, 1.82) is 5.41 Å². The molecule has 0 radical (unpaired) electrons. The zero-order chi connectivity index (χ0) is 14.9. The van der Waals surface area contributed by atoms with E-state index in [1.165, 1.54) is 13.2 Å². The number of aryl methyl sites for hydroxylation is 1. The maximum Gasteiger partial charge on any atom is 0.200 e. The van der Waals surface area contributed by atoms with Crippen LogP contribution in [0.1, 0.15) is 18.9 Å². The molecule has 0 amide bonds. The Balaban J connectivity index is 2.48. The lowest BCUT2D eigenvalue weighted by atomic mass is 9.95. The predicted molar refractivity (Wildman–Crippen MR) is 80.3 cm³/mol. The zero-order valence-electron chi connectivity index (χ0n) is 11.8. The standard InChI is InChI=1S/C15H17N3O2/c1-8-4-13(15(20-3)7-11(8)17)18-12-6-10(16)9(2)5-14(12)19/h4-5,7,16H,6,17H2,1-3H3. The molecule has 0 aromatic heterocycles. The van der Waals surface area contributed by atoms with Crippen molar-refractivity contribution in [2.75, 3.05) is 12.8 Å². The summed E-state index contributed by atoms with van der Waals surface area (Å²) in [5, 5.41) is 7.80. The number of ketones is 1. The number of benzene rings is 1. The Hall–Kier alpha value is -2.43. The fourth-order valence-corrected chi connectivity index (χ4v) is 1.94. The molecule has 5 nitrogen and oxygen atoms in total. The van der Waals surface area contributed by atoms with Crippen LogP contribution < -0.4 is 10.5 Å². The molecule has 104 valence electrons.